The van der Waals surface area contributed by atoms with E-state index in [0.717, 1.165) is 40.3 Å². The monoisotopic (exact) mass is 402 g/mol. The summed E-state index contributed by atoms with van der Waals surface area (Å²) in [5, 5.41) is 4.81. The molecular weight excluding hydrogens is 376 g/mol. The number of nitrogens with zero attached hydrogens (tertiary/aromatic N) is 3. The lowest BCUT2D eigenvalue weighted by molar-refractivity contribution is 0.670. The molecule has 0 radical (unpaired) electrons. The standard InChI is InChI=1S/C24H26N4S/c1-2-3-13-19-17-11-7-8-12-18(17)20-21-22(29-24(20)28-19)23(27-15-26-21)25-14-16-9-5-4-6-10-16/h4-6,9-10,15H,2-3,7-8,11-14H2,1H3,(H,25,26,27). The minimum atomic E-state index is 0.758. The van der Waals surface area contributed by atoms with Crippen LogP contribution in [-0.4, -0.2) is 15.0 Å². The van der Waals surface area contributed by atoms with E-state index in [1.54, 1.807) is 17.7 Å². The number of hydrogen-bond acceptors (Lipinski definition) is 5. The van der Waals surface area contributed by atoms with E-state index < -0.39 is 0 Å². The highest BCUT2D eigenvalue weighted by atomic mass is 32.1. The van der Waals surface area contributed by atoms with Crippen molar-refractivity contribution in [1.82, 2.24) is 15.0 Å². The molecule has 0 unspecified atom stereocenters. The van der Waals surface area contributed by atoms with Crippen LogP contribution < -0.4 is 5.32 Å². The second-order valence-electron chi connectivity index (χ2n) is 7.85. The number of benzene rings is 1. The van der Waals surface area contributed by atoms with Gasteiger partial charge in [-0.15, -0.1) is 11.3 Å². The van der Waals surface area contributed by atoms with E-state index >= 15 is 0 Å². The van der Waals surface area contributed by atoms with Crippen molar-refractivity contribution in [2.45, 2.75) is 58.4 Å². The molecular formula is C24H26N4S. The zero-order valence-electron chi connectivity index (χ0n) is 16.9. The van der Waals surface area contributed by atoms with Gasteiger partial charge in [0.2, 0.25) is 0 Å². The largest absolute Gasteiger partial charge is 0.365 e. The van der Waals surface area contributed by atoms with Crippen molar-refractivity contribution >= 4 is 37.6 Å². The van der Waals surface area contributed by atoms with Gasteiger partial charge in [-0.1, -0.05) is 43.7 Å². The molecule has 0 saturated heterocycles. The molecule has 3 aromatic heterocycles. The Hall–Kier alpha value is -2.53. The zero-order valence-corrected chi connectivity index (χ0v) is 17.7. The highest BCUT2D eigenvalue weighted by Gasteiger charge is 2.22. The van der Waals surface area contributed by atoms with Crippen molar-refractivity contribution in [2.75, 3.05) is 5.32 Å². The van der Waals surface area contributed by atoms with E-state index in [1.165, 1.54) is 59.9 Å². The third-order valence-electron chi connectivity index (χ3n) is 5.88. The van der Waals surface area contributed by atoms with Crippen molar-refractivity contribution in [3.8, 4) is 0 Å². The van der Waals surface area contributed by atoms with Gasteiger partial charge in [0.15, 0.2) is 0 Å². The van der Waals surface area contributed by atoms with Crippen LogP contribution in [0.2, 0.25) is 0 Å². The summed E-state index contributed by atoms with van der Waals surface area (Å²) >= 11 is 1.75. The molecule has 3 heterocycles. The molecule has 5 heteroatoms. The van der Waals surface area contributed by atoms with Crippen LogP contribution in [0.3, 0.4) is 0 Å². The number of fused-ring (bicyclic) bond motifs is 5. The smallest absolute Gasteiger partial charge is 0.147 e. The molecule has 4 aromatic rings. The third kappa shape index (κ3) is 3.48. The zero-order chi connectivity index (χ0) is 19.6. The Kier molecular flexibility index (Phi) is 5.15. The summed E-state index contributed by atoms with van der Waals surface area (Å²) in [6.45, 7) is 3.01. The van der Waals surface area contributed by atoms with Crippen LogP contribution in [0.25, 0.3) is 20.4 Å². The van der Waals surface area contributed by atoms with Crippen LogP contribution in [0.4, 0.5) is 5.82 Å². The molecule has 0 bridgehead atoms. The number of anilines is 1. The first-order chi connectivity index (χ1) is 14.3. The van der Waals surface area contributed by atoms with Gasteiger partial charge in [-0.25, -0.2) is 15.0 Å². The maximum atomic E-state index is 5.15. The molecule has 0 saturated carbocycles. The molecule has 29 heavy (non-hydrogen) atoms. The second-order valence-corrected chi connectivity index (χ2v) is 8.85. The number of hydrogen-bond donors (Lipinski definition) is 1. The Labute approximate surface area is 175 Å². The fourth-order valence-corrected chi connectivity index (χ4v) is 5.54. The number of unbranched alkanes of at least 4 members (excludes halogenated alkanes) is 1. The first kappa shape index (κ1) is 18.5. The van der Waals surface area contributed by atoms with Crippen LogP contribution in [0.5, 0.6) is 0 Å². The predicted molar refractivity (Wildman–Crippen MR) is 122 cm³/mol. The lowest BCUT2D eigenvalue weighted by atomic mass is 9.87. The fourth-order valence-electron chi connectivity index (χ4n) is 4.40. The molecule has 1 aliphatic rings. The van der Waals surface area contributed by atoms with Gasteiger partial charge in [-0.3, -0.25) is 0 Å². The van der Waals surface area contributed by atoms with Gasteiger partial charge in [0, 0.05) is 17.6 Å². The molecule has 0 atom stereocenters. The van der Waals surface area contributed by atoms with Crippen molar-refractivity contribution in [1.29, 1.82) is 0 Å². The normalized spacial score (nSPS) is 13.7. The van der Waals surface area contributed by atoms with Crippen LogP contribution in [0.1, 0.15) is 55.0 Å². The van der Waals surface area contributed by atoms with Gasteiger partial charge in [-0.2, -0.15) is 0 Å². The predicted octanol–water partition coefficient (Wildman–Crippen LogP) is 6.07. The van der Waals surface area contributed by atoms with Crippen molar-refractivity contribution < 1.29 is 0 Å². The highest BCUT2D eigenvalue weighted by molar-refractivity contribution is 7.26. The van der Waals surface area contributed by atoms with Gasteiger partial charge in [0.1, 0.15) is 17.0 Å². The first-order valence-electron chi connectivity index (χ1n) is 10.7. The molecule has 5 rings (SSSR count). The fraction of sp³-hybridized carbons (Fsp3) is 0.375. The van der Waals surface area contributed by atoms with E-state index in [-0.39, 0.29) is 0 Å². The van der Waals surface area contributed by atoms with E-state index in [4.69, 9.17) is 9.97 Å². The molecule has 1 aromatic carbocycles. The molecule has 4 nitrogen and oxygen atoms in total. The Morgan fingerprint density at radius 3 is 2.69 bits per heavy atom. The quantitative estimate of drug-likeness (QED) is 0.425. The van der Waals surface area contributed by atoms with E-state index in [9.17, 15) is 0 Å². The van der Waals surface area contributed by atoms with E-state index in [2.05, 4.69) is 41.5 Å². The Bertz CT molecular complexity index is 1150. The lowest BCUT2D eigenvalue weighted by Crippen LogP contribution is -2.09. The second kappa shape index (κ2) is 8.07. The van der Waals surface area contributed by atoms with Crippen molar-refractivity contribution in [3.05, 3.63) is 59.0 Å². The number of rotatable bonds is 6. The van der Waals surface area contributed by atoms with Gasteiger partial charge >= 0.3 is 0 Å². The average molecular weight is 403 g/mol. The van der Waals surface area contributed by atoms with Crippen LogP contribution in [-0.2, 0) is 25.8 Å². The minimum Gasteiger partial charge on any atom is -0.365 e. The Morgan fingerprint density at radius 1 is 1.03 bits per heavy atom. The number of thiophene rings is 1. The highest BCUT2D eigenvalue weighted by Crippen LogP contribution is 2.41. The Morgan fingerprint density at radius 2 is 1.86 bits per heavy atom. The first-order valence-corrected chi connectivity index (χ1v) is 11.5. The summed E-state index contributed by atoms with van der Waals surface area (Å²) in [4.78, 5) is 15.5. The molecule has 0 amide bonds. The van der Waals surface area contributed by atoms with Gasteiger partial charge in [0.05, 0.1) is 10.2 Å². The van der Waals surface area contributed by atoms with Crippen molar-refractivity contribution in [3.63, 3.8) is 0 Å². The third-order valence-corrected chi connectivity index (χ3v) is 6.96. The molecule has 1 aliphatic carbocycles. The van der Waals surface area contributed by atoms with Crippen LogP contribution in [0.15, 0.2) is 36.7 Å². The van der Waals surface area contributed by atoms with Gasteiger partial charge in [0.25, 0.3) is 0 Å². The summed E-state index contributed by atoms with van der Waals surface area (Å²) in [5.41, 5.74) is 6.66. The average Bonchev–Trinajstić information content (AvgIpc) is 3.16. The van der Waals surface area contributed by atoms with Crippen molar-refractivity contribution in [2.24, 2.45) is 0 Å². The minimum absolute atomic E-state index is 0.758. The SMILES string of the molecule is CCCCc1nc2sc3c(NCc4ccccc4)ncnc3c2c2c1CCCC2. The molecule has 0 aliphatic heterocycles. The van der Waals surface area contributed by atoms with Crippen LogP contribution >= 0.6 is 11.3 Å². The van der Waals surface area contributed by atoms with Crippen LogP contribution in [0, 0.1) is 0 Å². The number of aryl methyl sites for hydroxylation is 2. The lowest BCUT2D eigenvalue weighted by Gasteiger charge is -2.20. The van der Waals surface area contributed by atoms with Gasteiger partial charge in [-0.05, 0) is 55.2 Å². The Balaban J connectivity index is 1.61. The maximum absolute atomic E-state index is 5.15. The molecule has 0 fully saturated rings. The maximum Gasteiger partial charge on any atom is 0.147 e. The summed E-state index contributed by atoms with van der Waals surface area (Å²) in [6.07, 6.45) is 10.1. The van der Waals surface area contributed by atoms with Gasteiger partial charge < -0.3 is 5.32 Å². The molecule has 0 spiro atoms. The topological polar surface area (TPSA) is 50.7 Å². The number of pyridine rings is 1. The van der Waals surface area contributed by atoms with E-state index in [1.807, 2.05) is 6.07 Å². The number of nitrogens with one attached hydrogen (secondary N) is 1. The summed E-state index contributed by atoms with van der Waals surface area (Å²) < 4.78 is 1.13. The van der Waals surface area contributed by atoms with E-state index in [0.29, 0.717) is 0 Å². The summed E-state index contributed by atoms with van der Waals surface area (Å²) in [5.74, 6) is 0.918. The number of aromatic nitrogens is 3. The summed E-state index contributed by atoms with van der Waals surface area (Å²) in [6, 6.07) is 10.5. The molecule has 1 N–H and O–H groups in total. The summed E-state index contributed by atoms with van der Waals surface area (Å²) in [7, 11) is 0. The molecule has 148 valence electrons.